The van der Waals surface area contributed by atoms with Crippen molar-refractivity contribution < 1.29 is 19.4 Å². The van der Waals surface area contributed by atoms with Crippen LogP contribution in [0.4, 0.5) is 0 Å². The van der Waals surface area contributed by atoms with E-state index in [4.69, 9.17) is 22.1 Å². The second-order valence-electron chi connectivity index (χ2n) is 4.86. The van der Waals surface area contributed by atoms with Crippen molar-refractivity contribution >= 4 is 46.3 Å². The molecule has 0 bridgehead atoms. The van der Waals surface area contributed by atoms with Gasteiger partial charge in [-0.15, -0.1) is 0 Å². The van der Waals surface area contributed by atoms with Gasteiger partial charge in [0.2, 0.25) is 0 Å². The van der Waals surface area contributed by atoms with Crippen molar-refractivity contribution in [3.05, 3.63) is 34.7 Å². The van der Waals surface area contributed by atoms with Crippen LogP contribution in [-0.4, -0.2) is 39.4 Å². The molecule has 1 aliphatic rings. The lowest BCUT2D eigenvalue weighted by Crippen LogP contribution is -2.30. The van der Waals surface area contributed by atoms with Crippen LogP contribution in [0.2, 0.25) is 0 Å². The molecule has 122 valence electrons. The third-order valence-electron chi connectivity index (χ3n) is 3.09. The Bertz CT molecular complexity index is 657. The molecule has 1 aliphatic heterocycles. The summed E-state index contributed by atoms with van der Waals surface area (Å²) in [6.45, 7) is 2.71. The minimum Gasteiger partial charge on any atom is -0.493 e. The molecule has 5 nitrogen and oxygen atoms in total. The van der Waals surface area contributed by atoms with Gasteiger partial charge in [-0.25, -0.2) is 0 Å². The quantitative estimate of drug-likeness (QED) is 0.601. The first-order chi connectivity index (χ1) is 11.0. The fourth-order valence-corrected chi connectivity index (χ4v) is 3.28. The first-order valence-electron chi connectivity index (χ1n) is 7.22. The Morgan fingerprint density at radius 2 is 2.17 bits per heavy atom. The van der Waals surface area contributed by atoms with E-state index in [9.17, 15) is 9.59 Å². The highest BCUT2D eigenvalue weighted by atomic mass is 32.2. The van der Waals surface area contributed by atoms with Gasteiger partial charge in [0.05, 0.1) is 17.9 Å². The first kappa shape index (κ1) is 17.5. The van der Waals surface area contributed by atoms with Crippen LogP contribution in [0, 0.1) is 0 Å². The van der Waals surface area contributed by atoms with Gasteiger partial charge in [0.1, 0.15) is 10.1 Å². The number of nitrogens with zero attached hydrogens (tertiary/aromatic N) is 1. The molecule has 1 amide bonds. The van der Waals surface area contributed by atoms with Crippen LogP contribution >= 0.6 is 24.0 Å². The minimum atomic E-state index is -0.957. The highest BCUT2D eigenvalue weighted by molar-refractivity contribution is 8.26. The monoisotopic (exact) mass is 351 g/mol. The fraction of sp³-hybridized carbons (Fsp3) is 0.312. The van der Waals surface area contributed by atoms with Crippen LogP contribution in [0.25, 0.3) is 6.08 Å². The maximum atomic E-state index is 12.4. The Hall–Kier alpha value is -1.86. The first-order valence-corrected chi connectivity index (χ1v) is 8.44. The Kier molecular flexibility index (Phi) is 6.18. The third-order valence-corrected chi connectivity index (χ3v) is 4.47. The second kappa shape index (κ2) is 8.12. The summed E-state index contributed by atoms with van der Waals surface area (Å²) < 4.78 is 6.06. The summed E-state index contributed by atoms with van der Waals surface area (Å²) in [5, 5.41) is 8.75. The molecule has 0 aromatic heterocycles. The summed E-state index contributed by atoms with van der Waals surface area (Å²) in [6, 6.07) is 7.47. The van der Waals surface area contributed by atoms with E-state index in [1.54, 1.807) is 6.08 Å². The Balaban J connectivity index is 2.19. The highest BCUT2D eigenvalue weighted by Gasteiger charge is 2.32. The molecule has 0 atom stereocenters. The van der Waals surface area contributed by atoms with Gasteiger partial charge in [-0.3, -0.25) is 14.5 Å². The molecule has 0 aliphatic carbocycles. The molecule has 1 heterocycles. The maximum absolute atomic E-state index is 12.4. The normalized spacial score (nSPS) is 16.2. The van der Waals surface area contributed by atoms with Gasteiger partial charge >= 0.3 is 5.97 Å². The van der Waals surface area contributed by atoms with Crippen LogP contribution < -0.4 is 4.74 Å². The van der Waals surface area contributed by atoms with Crippen molar-refractivity contribution in [2.45, 2.75) is 19.8 Å². The zero-order chi connectivity index (χ0) is 16.8. The lowest BCUT2D eigenvalue weighted by atomic mass is 10.2. The minimum absolute atomic E-state index is 0.0886. The number of aliphatic carboxylic acids is 1. The van der Waals surface area contributed by atoms with Crippen LogP contribution in [0.1, 0.15) is 25.3 Å². The Labute approximate surface area is 144 Å². The summed E-state index contributed by atoms with van der Waals surface area (Å²) in [5.74, 6) is -0.502. The average molecular weight is 351 g/mol. The van der Waals surface area contributed by atoms with E-state index in [1.165, 1.54) is 16.7 Å². The van der Waals surface area contributed by atoms with Crippen molar-refractivity contribution in [3.8, 4) is 5.75 Å². The standard InChI is InChI=1S/C16H17NO4S2/c1-2-9-21-12-6-4-3-5-11(12)10-13-15(20)17(16(22)23-13)8-7-14(18)19/h3-6,10H,2,7-9H2,1H3,(H,18,19)/b13-10-. The molecule has 7 heteroatoms. The number of para-hydroxylation sites is 1. The smallest absolute Gasteiger partial charge is 0.305 e. The number of carbonyl (C=O) groups excluding carboxylic acids is 1. The molecule has 1 saturated heterocycles. The molecule has 1 fully saturated rings. The maximum Gasteiger partial charge on any atom is 0.305 e. The lowest BCUT2D eigenvalue weighted by Gasteiger charge is -2.12. The van der Waals surface area contributed by atoms with E-state index in [2.05, 4.69) is 0 Å². The predicted octanol–water partition coefficient (Wildman–Crippen LogP) is 3.15. The molecule has 0 unspecified atom stereocenters. The van der Waals surface area contributed by atoms with Gasteiger partial charge in [-0.1, -0.05) is 49.1 Å². The molecule has 1 aromatic rings. The topological polar surface area (TPSA) is 66.8 Å². The Morgan fingerprint density at radius 1 is 1.43 bits per heavy atom. The molecule has 0 radical (unpaired) electrons. The summed E-state index contributed by atoms with van der Waals surface area (Å²) in [4.78, 5) is 24.8. The summed E-state index contributed by atoms with van der Waals surface area (Å²) in [7, 11) is 0. The molecule has 0 saturated carbocycles. The number of rotatable bonds is 7. The number of hydrogen-bond donors (Lipinski definition) is 1. The summed E-state index contributed by atoms with van der Waals surface area (Å²) >= 11 is 6.35. The van der Waals surface area contributed by atoms with Crippen molar-refractivity contribution in [1.82, 2.24) is 4.90 Å². The van der Waals surface area contributed by atoms with Gasteiger partial charge in [0.25, 0.3) is 5.91 Å². The van der Waals surface area contributed by atoms with Crippen LogP contribution in [0.5, 0.6) is 5.75 Å². The highest BCUT2D eigenvalue weighted by Crippen LogP contribution is 2.34. The van der Waals surface area contributed by atoms with Crippen LogP contribution in [0.15, 0.2) is 29.2 Å². The van der Waals surface area contributed by atoms with E-state index in [0.717, 1.165) is 12.0 Å². The van der Waals surface area contributed by atoms with E-state index in [0.29, 0.717) is 21.6 Å². The van der Waals surface area contributed by atoms with E-state index in [1.807, 2.05) is 31.2 Å². The van der Waals surface area contributed by atoms with Gasteiger partial charge in [0.15, 0.2) is 0 Å². The van der Waals surface area contributed by atoms with Crippen molar-refractivity contribution in [1.29, 1.82) is 0 Å². The van der Waals surface area contributed by atoms with Crippen molar-refractivity contribution in [2.75, 3.05) is 13.2 Å². The largest absolute Gasteiger partial charge is 0.493 e. The Morgan fingerprint density at radius 3 is 2.87 bits per heavy atom. The van der Waals surface area contributed by atoms with E-state index in [-0.39, 0.29) is 18.9 Å². The lowest BCUT2D eigenvalue weighted by molar-refractivity contribution is -0.137. The van der Waals surface area contributed by atoms with Crippen LogP contribution in [-0.2, 0) is 9.59 Å². The molecular formula is C16H17NO4S2. The number of amides is 1. The number of carboxylic acids is 1. The van der Waals surface area contributed by atoms with Crippen LogP contribution in [0.3, 0.4) is 0 Å². The number of thiocarbonyl (C=S) groups is 1. The number of thioether (sulfide) groups is 1. The van der Waals surface area contributed by atoms with Gasteiger partial charge in [0, 0.05) is 12.1 Å². The number of benzene rings is 1. The second-order valence-corrected chi connectivity index (χ2v) is 6.54. The molecule has 1 aromatic carbocycles. The number of hydrogen-bond acceptors (Lipinski definition) is 5. The van der Waals surface area contributed by atoms with E-state index >= 15 is 0 Å². The van der Waals surface area contributed by atoms with Gasteiger partial charge in [-0.05, 0) is 18.6 Å². The SMILES string of the molecule is CCCOc1ccccc1/C=C1\SC(=S)N(CCC(=O)O)C1=O. The van der Waals surface area contributed by atoms with Gasteiger partial charge < -0.3 is 9.84 Å². The molecule has 0 spiro atoms. The predicted molar refractivity (Wildman–Crippen MR) is 94.4 cm³/mol. The van der Waals surface area contributed by atoms with Gasteiger partial charge in [-0.2, -0.15) is 0 Å². The zero-order valence-corrected chi connectivity index (χ0v) is 14.3. The summed E-state index contributed by atoms with van der Waals surface area (Å²) in [6.07, 6.45) is 2.51. The number of carboxylic acid groups (broad SMARTS) is 1. The summed E-state index contributed by atoms with van der Waals surface area (Å²) in [5.41, 5.74) is 0.805. The zero-order valence-electron chi connectivity index (χ0n) is 12.7. The van der Waals surface area contributed by atoms with E-state index < -0.39 is 5.97 Å². The van der Waals surface area contributed by atoms with Crippen molar-refractivity contribution in [3.63, 3.8) is 0 Å². The molecule has 2 rings (SSSR count). The molecular weight excluding hydrogens is 334 g/mol. The average Bonchev–Trinajstić information content (AvgIpc) is 2.78. The number of carbonyl (C=O) groups is 2. The third kappa shape index (κ3) is 4.56. The van der Waals surface area contributed by atoms with Crippen molar-refractivity contribution in [2.24, 2.45) is 0 Å². The molecule has 23 heavy (non-hydrogen) atoms. The number of ether oxygens (including phenoxy) is 1. The molecule has 1 N–H and O–H groups in total. The fourth-order valence-electron chi connectivity index (χ4n) is 1.98.